The molecule has 0 saturated heterocycles. The van der Waals surface area contributed by atoms with Crippen LogP contribution in [0.4, 0.5) is 11.6 Å². The Balaban J connectivity index is 2.25. The number of nitrogens with one attached hydrogen (secondary N) is 2. The van der Waals surface area contributed by atoms with Crippen molar-refractivity contribution >= 4 is 23.0 Å². The van der Waals surface area contributed by atoms with Gasteiger partial charge in [0, 0.05) is 23.9 Å². The first-order valence-electron chi connectivity index (χ1n) is 7.00. The van der Waals surface area contributed by atoms with Gasteiger partial charge in [0.2, 0.25) is 0 Å². The average Bonchev–Trinajstić information content (AvgIpc) is 2.98. The van der Waals surface area contributed by atoms with Gasteiger partial charge in [0.15, 0.2) is 0 Å². The topological polar surface area (TPSA) is 49.8 Å². The van der Waals surface area contributed by atoms with Crippen LogP contribution in [-0.4, -0.2) is 17.0 Å². The first-order valence-corrected chi connectivity index (χ1v) is 7.88. The molecular weight excluding hydrogens is 268 g/mol. The molecule has 2 heterocycles. The Kier molecular flexibility index (Phi) is 4.95. The second kappa shape index (κ2) is 6.70. The maximum atomic E-state index is 4.62. The number of anilines is 2. The summed E-state index contributed by atoms with van der Waals surface area (Å²) in [4.78, 5) is 10.4. The number of thiophene rings is 1. The summed E-state index contributed by atoms with van der Waals surface area (Å²) in [5, 5.41) is 8.73. The highest BCUT2D eigenvalue weighted by Gasteiger charge is 2.13. The Bertz CT molecular complexity index is 537. The maximum Gasteiger partial charge on any atom is 0.135 e. The van der Waals surface area contributed by atoms with Crippen LogP contribution < -0.4 is 10.6 Å². The van der Waals surface area contributed by atoms with E-state index >= 15 is 0 Å². The normalized spacial score (nSPS) is 12.4. The predicted molar refractivity (Wildman–Crippen MR) is 86.6 cm³/mol. The maximum absolute atomic E-state index is 4.62. The highest BCUT2D eigenvalue weighted by Crippen LogP contribution is 2.26. The minimum absolute atomic E-state index is 0.301. The van der Waals surface area contributed by atoms with Gasteiger partial charge >= 0.3 is 0 Å². The zero-order valence-corrected chi connectivity index (χ0v) is 13.3. The Morgan fingerprint density at radius 1 is 1.25 bits per heavy atom. The molecule has 4 nitrogen and oxygen atoms in total. The largest absolute Gasteiger partial charge is 0.373 e. The molecule has 2 N–H and O–H groups in total. The molecule has 0 spiro atoms. The van der Waals surface area contributed by atoms with E-state index in [9.17, 15) is 0 Å². The van der Waals surface area contributed by atoms with Gasteiger partial charge in [0.25, 0.3) is 0 Å². The highest BCUT2D eigenvalue weighted by molar-refractivity contribution is 7.10. The summed E-state index contributed by atoms with van der Waals surface area (Å²) in [7, 11) is 1.88. The van der Waals surface area contributed by atoms with Gasteiger partial charge in [0.1, 0.15) is 17.5 Å². The molecule has 0 radical (unpaired) electrons. The first-order chi connectivity index (χ1) is 9.63. The van der Waals surface area contributed by atoms with E-state index < -0.39 is 0 Å². The van der Waals surface area contributed by atoms with Crippen LogP contribution in [0.1, 0.15) is 49.9 Å². The van der Waals surface area contributed by atoms with Crippen LogP contribution in [0.2, 0.25) is 0 Å². The zero-order valence-electron chi connectivity index (χ0n) is 12.5. The third-order valence-electron chi connectivity index (χ3n) is 3.13. The van der Waals surface area contributed by atoms with Crippen LogP contribution in [-0.2, 0) is 0 Å². The van der Waals surface area contributed by atoms with Gasteiger partial charge in [-0.2, -0.15) is 0 Å². The number of aromatic nitrogens is 2. The number of rotatable bonds is 6. The summed E-state index contributed by atoms with van der Waals surface area (Å²) in [6.07, 6.45) is 1.02. The fourth-order valence-electron chi connectivity index (χ4n) is 1.97. The molecule has 2 aromatic rings. The number of nitrogens with zero attached hydrogens (tertiary/aromatic N) is 2. The van der Waals surface area contributed by atoms with Crippen molar-refractivity contribution in [2.45, 2.75) is 39.2 Å². The molecule has 2 rings (SSSR count). The zero-order chi connectivity index (χ0) is 14.5. The van der Waals surface area contributed by atoms with E-state index in [4.69, 9.17) is 0 Å². The van der Waals surface area contributed by atoms with Gasteiger partial charge < -0.3 is 10.6 Å². The standard InChI is InChI=1S/C15H22N4S/c1-5-11(12-7-6-8-20-12)17-14-9-13(16-4)18-15(19-14)10(2)3/h6-11H,5H2,1-4H3,(H2,16,17,18,19). The molecule has 0 aliphatic rings. The number of hydrogen-bond acceptors (Lipinski definition) is 5. The molecule has 0 aliphatic heterocycles. The predicted octanol–water partition coefficient (Wildman–Crippen LogP) is 4.27. The Labute approximate surface area is 124 Å². The second-order valence-electron chi connectivity index (χ2n) is 5.02. The molecule has 1 unspecified atom stereocenters. The van der Waals surface area contributed by atoms with E-state index in [-0.39, 0.29) is 0 Å². The van der Waals surface area contributed by atoms with E-state index in [1.165, 1.54) is 4.88 Å². The molecule has 5 heteroatoms. The van der Waals surface area contributed by atoms with Gasteiger partial charge in [-0.1, -0.05) is 26.8 Å². The van der Waals surface area contributed by atoms with E-state index in [0.29, 0.717) is 12.0 Å². The molecule has 0 amide bonds. The Hall–Kier alpha value is -1.62. The van der Waals surface area contributed by atoms with Crippen LogP contribution in [0.15, 0.2) is 23.6 Å². The lowest BCUT2D eigenvalue weighted by atomic mass is 10.2. The van der Waals surface area contributed by atoms with E-state index in [2.05, 4.69) is 58.9 Å². The minimum Gasteiger partial charge on any atom is -0.373 e. The van der Waals surface area contributed by atoms with Crippen molar-refractivity contribution in [3.05, 3.63) is 34.3 Å². The quantitative estimate of drug-likeness (QED) is 0.834. The minimum atomic E-state index is 0.301. The van der Waals surface area contributed by atoms with E-state index in [1.807, 2.05) is 13.1 Å². The molecule has 0 saturated carbocycles. The second-order valence-corrected chi connectivity index (χ2v) is 6.00. The van der Waals surface area contributed by atoms with Crippen LogP contribution in [0.25, 0.3) is 0 Å². The molecule has 0 bridgehead atoms. The van der Waals surface area contributed by atoms with Crippen molar-refractivity contribution in [3.63, 3.8) is 0 Å². The Morgan fingerprint density at radius 3 is 2.55 bits per heavy atom. The van der Waals surface area contributed by atoms with Gasteiger partial charge in [-0.25, -0.2) is 9.97 Å². The smallest absolute Gasteiger partial charge is 0.135 e. The average molecular weight is 290 g/mol. The lowest BCUT2D eigenvalue weighted by Gasteiger charge is -2.18. The van der Waals surface area contributed by atoms with Gasteiger partial charge in [-0.3, -0.25) is 0 Å². The molecule has 0 fully saturated rings. The van der Waals surface area contributed by atoms with Crippen molar-refractivity contribution < 1.29 is 0 Å². The van der Waals surface area contributed by atoms with Crippen molar-refractivity contribution in [2.24, 2.45) is 0 Å². The fourth-order valence-corrected chi connectivity index (χ4v) is 2.83. The van der Waals surface area contributed by atoms with Gasteiger partial charge in [-0.15, -0.1) is 11.3 Å². The lowest BCUT2D eigenvalue weighted by molar-refractivity contribution is 0.741. The molecule has 0 aromatic carbocycles. The lowest BCUT2D eigenvalue weighted by Crippen LogP contribution is -2.12. The fraction of sp³-hybridized carbons (Fsp3) is 0.467. The molecule has 1 atom stereocenters. The van der Waals surface area contributed by atoms with Crippen molar-refractivity contribution in [1.29, 1.82) is 0 Å². The summed E-state index contributed by atoms with van der Waals surface area (Å²) in [5.41, 5.74) is 0. The van der Waals surface area contributed by atoms with E-state index in [1.54, 1.807) is 11.3 Å². The molecule has 20 heavy (non-hydrogen) atoms. The summed E-state index contributed by atoms with van der Waals surface area (Å²) in [5.74, 6) is 2.91. The molecule has 108 valence electrons. The van der Waals surface area contributed by atoms with Crippen LogP contribution in [0, 0.1) is 0 Å². The molecule has 2 aromatic heterocycles. The van der Waals surface area contributed by atoms with Crippen molar-refractivity contribution in [2.75, 3.05) is 17.7 Å². The monoisotopic (exact) mass is 290 g/mol. The van der Waals surface area contributed by atoms with Crippen LogP contribution >= 0.6 is 11.3 Å². The summed E-state index contributed by atoms with van der Waals surface area (Å²) < 4.78 is 0. The SMILES string of the molecule is CCC(Nc1cc(NC)nc(C(C)C)n1)c1cccs1. The van der Waals surface area contributed by atoms with Crippen LogP contribution in [0.3, 0.4) is 0 Å². The Morgan fingerprint density at radius 2 is 2.00 bits per heavy atom. The number of hydrogen-bond donors (Lipinski definition) is 2. The van der Waals surface area contributed by atoms with E-state index in [0.717, 1.165) is 23.9 Å². The highest BCUT2D eigenvalue weighted by atomic mass is 32.1. The third kappa shape index (κ3) is 3.48. The van der Waals surface area contributed by atoms with Crippen LogP contribution in [0.5, 0.6) is 0 Å². The van der Waals surface area contributed by atoms with Crippen molar-refractivity contribution in [1.82, 2.24) is 9.97 Å². The summed E-state index contributed by atoms with van der Waals surface area (Å²) >= 11 is 1.77. The summed E-state index contributed by atoms with van der Waals surface area (Å²) in [6.45, 7) is 6.39. The van der Waals surface area contributed by atoms with Crippen molar-refractivity contribution in [3.8, 4) is 0 Å². The third-order valence-corrected chi connectivity index (χ3v) is 4.12. The molecule has 0 aliphatic carbocycles. The molecular formula is C15H22N4S. The summed E-state index contributed by atoms with van der Waals surface area (Å²) in [6, 6.07) is 6.51. The first kappa shape index (κ1) is 14.8. The van der Waals surface area contributed by atoms with Gasteiger partial charge in [-0.05, 0) is 17.9 Å². The van der Waals surface area contributed by atoms with Gasteiger partial charge in [0.05, 0.1) is 6.04 Å².